The van der Waals surface area contributed by atoms with Gasteiger partial charge in [-0.1, -0.05) is 43.5 Å². The van der Waals surface area contributed by atoms with Crippen LogP contribution in [0.3, 0.4) is 0 Å². The van der Waals surface area contributed by atoms with Crippen LogP contribution in [-0.2, 0) is 4.79 Å². The Labute approximate surface area is 136 Å². The highest BCUT2D eigenvalue weighted by molar-refractivity contribution is 6.37. The number of anilines is 2. The minimum Gasteiger partial charge on any atom is -0.397 e. The Bertz CT molecular complexity index is 471. The number of unbranched alkanes of at least 4 members (excludes halogenated alkanes) is 1. The lowest BCUT2D eigenvalue weighted by atomic mass is 10.2. The minimum atomic E-state index is -0.243. The van der Waals surface area contributed by atoms with Crippen LogP contribution >= 0.6 is 23.2 Å². The van der Waals surface area contributed by atoms with Crippen molar-refractivity contribution in [3.05, 3.63) is 22.2 Å². The van der Waals surface area contributed by atoms with Crippen LogP contribution in [-0.4, -0.2) is 29.9 Å². The van der Waals surface area contributed by atoms with Crippen LogP contribution in [0.25, 0.3) is 0 Å². The zero-order chi connectivity index (χ0) is 16.0. The van der Waals surface area contributed by atoms with E-state index in [0.29, 0.717) is 21.4 Å². The molecule has 21 heavy (non-hydrogen) atoms. The number of halogens is 2. The third-order valence-electron chi connectivity index (χ3n) is 3.47. The molecule has 118 valence electrons. The number of nitrogens with one attached hydrogen (secondary N) is 1. The Morgan fingerprint density at radius 2 is 2.05 bits per heavy atom. The highest BCUT2D eigenvalue weighted by Crippen LogP contribution is 2.32. The fraction of sp³-hybridized carbons (Fsp3) is 0.533. The van der Waals surface area contributed by atoms with Crippen molar-refractivity contribution < 1.29 is 4.79 Å². The second kappa shape index (κ2) is 8.47. The van der Waals surface area contributed by atoms with Gasteiger partial charge in [-0.2, -0.15) is 0 Å². The normalized spacial score (nSPS) is 12.5. The van der Waals surface area contributed by atoms with Crippen LogP contribution in [0.5, 0.6) is 0 Å². The summed E-state index contributed by atoms with van der Waals surface area (Å²) in [7, 11) is 0. The van der Waals surface area contributed by atoms with E-state index in [9.17, 15) is 4.79 Å². The van der Waals surface area contributed by atoms with Crippen molar-refractivity contribution in [2.24, 2.45) is 0 Å². The topological polar surface area (TPSA) is 58.4 Å². The first kappa shape index (κ1) is 18.1. The van der Waals surface area contributed by atoms with E-state index in [2.05, 4.69) is 17.1 Å². The van der Waals surface area contributed by atoms with Crippen molar-refractivity contribution in [3.63, 3.8) is 0 Å². The minimum absolute atomic E-state index is 0.121. The molecule has 3 N–H and O–H groups in total. The number of rotatable bonds is 7. The maximum Gasteiger partial charge on any atom is 0.241 e. The summed E-state index contributed by atoms with van der Waals surface area (Å²) >= 11 is 12.0. The lowest BCUT2D eigenvalue weighted by Crippen LogP contribution is -2.42. The molecular weight excluding hydrogens is 309 g/mol. The van der Waals surface area contributed by atoms with Gasteiger partial charge in [0.2, 0.25) is 5.91 Å². The number of hydrogen-bond acceptors (Lipinski definition) is 3. The van der Waals surface area contributed by atoms with E-state index in [1.54, 1.807) is 12.1 Å². The van der Waals surface area contributed by atoms with E-state index in [-0.39, 0.29) is 11.9 Å². The summed E-state index contributed by atoms with van der Waals surface area (Å²) in [5, 5.41) is 3.59. The Morgan fingerprint density at radius 3 is 2.57 bits per heavy atom. The van der Waals surface area contributed by atoms with Crippen molar-refractivity contribution >= 4 is 40.5 Å². The summed E-state index contributed by atoms with van der Waals surface area (Å²) in [6.45, 7) is 7.77. The molecule has 1 aromatic carbocycles. The van der Waals surface area contributed by atoms with Crippen molar-refractivity contribution in [1.82, 2.24) is 4.90 Å². The van der Waals surface area contributed by atoms with E-state index >= 15 is 0 Å². The van der Waals surface area contributed by atoms with Gasteiger partial charge in [-0.3, -0.25) is 9.69 Å². The quantitative estimate of drug-likeness (QED) is 0.741. The van der Waals surface area contributed by atoms with Gasteiger partial charge in [0.25, 0.3) is 0 Å². The molecule has 0 aliphatic heterocycles. The largest absolute Gasteiger partial charge is 0.397 e. The van der Waals surface area contributed by atoms with Gasteiger partial charge in [0.05, 0.1) is 22.4 Å². The molecule has 0 aliphatic rings. The van der Waals surface area contributed by atoms with Gasteiger partial charge in [0, 0.05) is 5.02 Å². The number of hydrogen-bond donors (Lipinski definition) is 2. The standard InChI is InChI=1S/C15H23Cl2N3O/c1-4-6-7-20(5-2)10(3)15(21)19-14-12(17)8-11(16)9-13(14)18/h8-10H,4-7,18H2,1-3H3,(H,19,21). The van der Waals surface area contributed by atoms with Gasteiger partial charge in [-0.15, -0.1) is 0 Å². The predicted octanol–water partition coefficient (Wildman–Crippen LogP) is 4.02. The third kappa shape index (κ3) is 5.06. The highest BCUT2D eigenvalue weighted by Gasteiger charge is 2.21. The van der Waals surface area contributed by atoms with Gasteiger partial charge >= 0.3 is 0 Å². The van der Waals surface area contributed by atoms with Crippen LogP contribution in [0.4, 0.5) is 11.4 Å². The SMILES string of the molecule is CCCCN(CC)C(C)C(=O)Nc1c(N)cc(Cl)cc1Cl. The maximum atomic E-state index is 12.4. The molecule has 1 unspecified atom stereocenters. The number of amides is 1. The Morgan fingerprint density at radius 1 is 1.38 bits per heavy atom. The molecule has 1 atom stereocenters. The van der Waals surface area contributed by atoms with Crippen molar-refractivity contribution in [2.45, 2.75) is 39.7 Å². The molecule has 0 saturated heterocycles. The lowest BCUT2D eigenvalue weighted by Gasteiger charge is -2.27. The van der Waals surface area contributed by atoms with Crippen LogP contribution < -0.4 is 11.1 Å². The summed E-state index contributed by atoms with van der Waals surface area (Å²) < 4.78 is 0. The Balaban J connectivity index is 2.80. The van der Waals surface area contributed by atoms with E-state index < -0.39 is 0 Å². The molecule has 0 aliphatic carbocycles. The van der Waals surface area contributed by atoms with Crippen LogP contribution in [0.1, 0.15) is 33.6 Å². The van der Waals surface area contributed by atoms with E-state index in [1.807, 2.05) is 13.8 Å². The molecule has 0 spiro atoms. The molecule has 0 heterocycles. The van der Waals surface area contributed by atoms with Crippen molar-refractivity contribution in [3.8, 4) is 0 Å². The smallest absolute Gasteiger partial charge is 0.241 e. The van der Waals surface area contributed by atoms with Gasteiger partial charge in [-0.05, 0) is 38.6 Å². The van der Waals surface area contributed by atoms with Crippen LogP contribution in [0.15, 0.2) is 12.1 Å². The summed E-state index contributed by atoms with van der Waals surface area (Å²) in [5.74, 6) is -0.121. The lowest BCUT2D eigenvalue weighted by molar-refractivity contribution is -0.120. The third-order valence-corrected chi connectivity index (χ3v) is 3.98. The Kier molecular flexibility index (Phi) is 7.29. The zero-order valence-electron chi connectivity index (χ0n) is 12.7. The monoisotopic (exact) mass is 331 g/mol. The molecule has 0 radical (unpaired) electrons. The van der Waals surface area contributed by atoms with E-state index in [1.165, 1.54) is 0 Å². The molecule has 1 rings (SSSR count). The molecule has 0 saturated carbocycles. The van der Waals surface area contributed by atoms with E-state index in [4.69, 9.17) is 28.9 Å². The average molecular weight is 332 g/mol. The number of carbonyl (C=O) groups is 1. The first-order valence-electron chi connectivity index (χ1n) is 7.20. The van der Waals surface area contributed by atoms with Crippen LogP contribution in [0, 0.1) is 0 Å². The first-order chi connectivity index (χ1) is 9.90. The summed E-state index contributed by atoms with van der Waals surface area (Å²) in [6, 6.07) is 2.89. The fourth-order valence-electron chi connectivity index (χ4n) is 2.11. The van der Waals surface area contributed by atoms with Crippen molar-refractivity contribution in [2.75, 3.05) is 24.1 Å². The van der Waals surface area contributed by atoms with Gasteiger partial charge in [-0.25, -0.2) is 0 Å². The molecule has 4 nitrogen and oxygen atoms in total. The maximum absolute atomic E-state index is 12.4. The fourth-order valence-corrected chi connectivity index (χ4v) is 2.66. The number of nitrogens with two attached hydrogens (primary N) is 1. The molecule has 0 bridgehead atoms. The van der Waals surface area contributed by atoms with Gasteiger partial charge < -0.3 is 11.1 Å². The number of carbonyl (C=O) groups excluding carboxylic acids is 1. The number of nitrogen functional groups attached to an aromatic ring is 1. The molecule has 0 fully saturated rings. The average Bonchev–Trinajstić information content (AvgIpc) is 2.43. The number of likely N-dealkylation sites (N-methyl/N-ethyl adjacent to an activating group) is 1. The summed E-state index contributed by atoms with van der Waals surface area (Å²) in [6.07, 6.45) is 2.16. The number of benzene rings is 1. The van der Waals surface area contributed by atoms with Crippen LogP contribution in [0.2, 0.25) is 10.0 Å². The second-order valence-electron chi connectivity index (χ2n) is 5.00. The highest BCUT2D eigenvalue weighted by atomic mass is 35.5. The summed E-state index contributed by atoms with van der Waals surface area (Å²) in [5.41, 5.74) is 6.65. The first-order valence-corrected chi connectivity index (χ1v) is 7.95. The zero-order valence-corrected chi connectivity index (χ0v) is 14.3. The molecule has 0 aromatic heterocycles. The molecular formula is C15H23Cl2N3O. The molecule has 6 heteroatoms. The van der Waals surface area contributed by atoms with Crippen molar-refractivity contribution in [1.29, 1.82) is 0 Å². The van der Waals surface area contributed by atoms with Gasteiger partial charge in [0.15, 0.2) is 0 Å². The summed E-state index contributed by atoms with van der Waals surface area (Å²) in [4.78, 5) is 14.5. The molecule has 1 aromatic rings. The van der Waals surface area contributed by atoms with Gasteiger partial charge in [0.1, 0.15) is 0 Å². The number of nitrogens with zero attached hydrogens (tertiary/aromatic N) is 1. The Hall–Kier alpha value is -0.970. The second-order valence-corrected chi connectivity index (χ2v) is 5.84. The predicted molar refractivity (Wildman–Crippen MR) is 91.1 cm³/mol. The molecule has 1 amide bonds. The van der Waals surface area contributed by atoms with E-state index in [0.717, 1.165) is 25.9 Å².